The molecule has 0 aliphatic carbocycles. The molecule has 6 heteroatoms. The van der Waals surface area contributed by atoms with Gasteiger partial charge < -0.3 is 20.1 Å². The Labute approximate surface area is 186 Å². The van der Waals surface area contributed by atoms with E-state index in [0.29, 0.717) is 6.54 Å². The van der Waals surface area contributed by atoms with E-state index in [4.69, 9.17) is 9.47 Å². The molecule has 1 fully saturated rings. The number of morpholine rings is 1. The molecular weight excluding hydrogens is 388 g/mol. The smallest absolute Gasteiger partial charge is 0.191 e. The number of hydrogen-bond donors (Lipinski definition) is 2. The van der Waals surface area contributed by atoms with E-state index in [-0.39, 0.29) is 0 Å². The van der Waals surface area contributed by atoms with Gasteiger partial charge in [-0.3, -0.25) is 9.89 Å². The zero-order valence-corrected chi connectivity index (χ0v) is 18.9. The highest BCUT2D eigenvalue weighted by Gasteiger charge is 2.12. The number of guanidine groups is 1. The van der Waals surface area contributed by atoms with Crippen LogP contribution in [0.25, 0.3) is 0 Å². The Hall–Kier alpha value is -2.57. The van der Waals surface area contributed by atoms with Gasteiger partial charge in [-0.15, -0.1) is 0 Å². The van der Waals surface area contributed by atoms with Crippen LogP contribution in [0.4, 0.5) is 0 Å². The van der Waals surface area contributed by atoms with Crippen molar-refractivity contribution < 1.29 is 9.47 Å². The molecule has 1 aliphatic rings. The van der Waals surface area contributed by atoms with Crippen LogP contribution in [-0.4, -0.2) is 50.8 Å². The van der Waals surface area contributed by atoms with Gasteiger partial charge in [0.15, 0.2) is 5.96 Å². The second kappa shape index (κ2) is 13.0. The topological polar surface area (TPSA) is 58.1 Å². The Morgan fingerprint density at radius 3 is 2.58 bits per heavy atom. The van der Waals surface area contributed by atoms with Crippen molar-refractivity contribution in [3.8, 4) is 5.75 Å². The number of rotatable bonds is 10. The number of nitrogens with zero attached hydrogens (tertiary/aromatic N) is 2. The Kier molecular flexibility index (Phi) is 9.67. The van der Waals surface area contributed by atoms with Crippen molar-refractivity contribution >= 4 is 5.96 Å². The third-order valence-corrected chi connectivity index (χ3v) is 5.41. The average molecular weight is 425 g/mol. The minimum atomic E-state index is 0.695. The van der Waals surface area contributed by atoms with Gasteiger partial charge in [-0.25, -0.2) is 0 Å². The van der Waals surface area contributed by atoms with Crippen molar-refractivity contribution in [3.63, 3.8) is 0 Å². The highest BCUT2D eigenvalue weighted by atomic mass is 16.5. The summed E-state index contributed by atoms with van der Waals surface area (Å²) in [5.41, 5.74) is 3.82. The zero-order chi connectivity index (χ0) is 21.7. The van der Waals surface area contributed by atoms with Gasteiger partial charge in [-0.2, -0.15) is 0 Å². The molecule has 168 valence electrons. The summed E-state index contributed by atoms with van der Waals surface area (Å²) in [6, 6.07) is 16.9. The Bertz CT molecular complexity index is 819. The second-order valence-electron chi connectivity index (χ2n) is 7.79. The van der Waals surface area contributed by atoms with E-state index < -0.39 is 0 Å². The molecule has 0 atom stereocenters. The average Bonchev–Trinajstić information content (AvgIpc) is 2.81. The summed E-state index contributed by atoms with van der Waals surface area (Å²) in [6.45, 7) is 8.95. The normalized spacial score (nSPS) is 15.0. The van der Waals surface area contributed by atoms with Gasteiger partial charge in [0.25, 0.3) is 0 Å². The molecule has 3 rings (SSSR count). The first-order valence-corrected chi connectivity index (χ1v) is 11.3. The summed E-state index contributed by atoms with van der Waals surface area (Å²) in [5.74, 6) is 1.71. The molecule has 0 amide bonds. The van der Waals surface area contributed by atoms with Crippen molar-refractivity contribution in [2.45, 2.75) is 39.4 Å². The molecule has 2 aromatic rings. The zero-order valence-electron chi connectivity index (χ0n) is 18.9. The summed E-state index contributed by atoms with van der Waals surface area (Å²) < 4.78 is 11.3. The molecule has 1 aliphatic heterocycles. The molecule has 2 aromatic carbocycles. The van der Waals surface area contributed by atoms with Crippen molar-refractivity contribution in [2.75, 3.05) is 40.0 Å². The quantitative estimate of drug-likeness (QED) is 0.347. The molecule has 0 aromatic heterocycles. The standard InChI is InChI=1S/C25H36N4O2/c1-3-4-14-31-24-11-7-8-21(17-24)18-27-25(26-2)28-19-22-9-5-6-10-23(22)20-29-12-15-30-16-13-29/h5-11,17H,3-4,12-16,18-20H2,1-2H3,(H2,26,27,28). The van der Waals surface area contributed by atoms with Crippen molar-refractivity contribution in [3.05, 3.63) is 65.2 Å². The number of unbranched alkanes of at least 4 members (excludes halogenated alkanes) is 1. The number of benzene rings is 2. The molecule has 0 saturated carbocycles. The van der Waals surface area contributed by atoms with Crippen LogP contribution in [0.3, 0.4) is 0 Å². The van der Waals surface area contributed by atoms with Crippen LogP contribution in [0.2, 0.25) is 0 Å². The van der Waals surface area contributed by atoms with Crippen molar-refractivity contribution in [1.82, 2.24) is 15.5 Å². The molecular formula is C25H36N4O2. The summed E-state index contributed by atoms with van der Waals surface area (Å²) >= 11 is 0. The van der Waals surface area contributed by atoms with Gasteiger partial charge in [0.2, 0.25) is 0 Å². The highest BCUT2D eigenvalue weighted by Crippen LogP contribution is 2.14. The fourth-order valence-corrected chi connectivity index (χ4v) is 3.55. The summed E-state index contributed by atoms with van der Waals surface area (Å²) in [5, 5.41) is 6.86. The molecule has 31 heavy (non-hydrogen) atoms. The predicted octanol–water partition coefficient (Wildman–Crippen LogP) is 3.56. The number of hydrogen-bond acceptors (Lipinski definition) is 4. The lowest BCUT2D eigenvalue weighted by Crippen LogP contribution is -2.37. The molecule has 0 spiro atoms. The van der Waals surface area contributed by atoms with Crippen LogP contribution in [0.1, 0.15) is 36.5 Å². The van der Waals surface area contributed by atoms with Crippen molar-refractivity contribution in [2.24, 2.45) is 4.99 Å². The third kappa shape index (κ3) is 7.89. The number of aliphatic imine (C=N–C) groups is 1. The highest BCUT2D eigenvalue weighted by molar-refractivity contribution is 5.79. The molecule has 0 unspecified atom stereocenters. The fourth-order valence-electron chi connectivity index (χ4n) is 3.55. The molecule has 0 bridgehead atoms. The summed E-state index contributed by atoms with van der Waals surface area (Å²) in [4.78, 5) is 6.83. The molecule has 1 saturated heterocycles. The van der Waals surface area contributed by atoms with E-state index in [0.717, 1.165) is 70.6 Å². The van der Waals surface area contributed by atoms with Gasteiger partial charge in [0.1, 0.15) is 5.75 Å². The Morgan fingerprint density at radius 2 is 1.81 bits per heavy atom. The first-order chi connectivity index (χ1) is 15.3. The fraction of sp³-hybridized carbons (Fsp3) is 0.480. The molecule has 0 radical (unpaired) electrons. The van der Waals surface area contributed by atoms with Gasteiger partial charge in [0.05, 0.1) is 19.8 Å². The number of nitrogens with one attached hydrogen (secondary N) is 2. The maximum atomic E-state index is 5.82. The van der Waals surface area contributed by atoms with Crippen LogP contribution in [0.15, 0.2) is 53.5 Å². The van der Waals surface area contributed by atoms with E-state index in [1.165, 1.54) is 16.7 Å². The Balaban J connectivity index is 1.50. The largest absolute Gasteiger partial charge is 0.494 e. The van der Waals surface area contributed by atoms with Crippen LogP contribution >= 0.6 is 0 Å². The lowest BCUT2D eigenvalue weighted by atomic mass is 10.1. The third-order valence-electron chi connectivity index (χ3n) is 5.41. The van der Waals surface area contributed by atoms with Gasteiger partial charge in [0, 0.05) is 39.8 Å². The van der Waals surface area contributed by atoms with Crippen molar-refractivity contribution in [1.29, 1.82) is 0 Å². The molecule has 1 heterocycles. The van der Waals surface area contributed by atoms with Crippen LogP contribution in [0, 0.1) is 0 Å². The predicted molar refractivity (Wildman–Crippen MR) is 126 cm³/mol. The second-order valence-corrected chi connectivity index (χ2v) is 7.79. The SMILES string of the molecule is CCCCOc1cccc(CNC(=NC)NCc2ccccc2CN2CCOCC2)c1. The first-order valence-electron chi connectivity index (χ1n) is 11.3. The van der Waals surface area contributed by atoms with E-state index in [1.54, 1.807) is 7.05 Å². The van der Waals surface area contributed by atoms with Gasteiger partial charge in [-0.05, 0) is 35.2 Å². The minimum Gasteiger partial charge on any atom is -0.494 e. The monoisotopic (exact) mass is 424 g/mol. The van der Waals surface area contributed by atoms with E-state index in [9.17, 15) is 0 Å². The molecule has 2 N–H and O–H groups in total. The molecule has 6 nitrogen and oxygen atoms in total. The number of ether oxygens (including phenoxy) is 2. The maximum absolute atomic E-state index is 5.82. The van der Waals surface area contributed by atoms with Crippen LogP contribution in [0.5, 0.6) is 5.75 Å². The minimum absolute atomic E-state index is 0.695. The van der Waals surface area contributed by atoms with E-state index in [2.05, 4.69) is 63.8 Å². The Morgan fingerprint density at radius 1 is 1.03 bits per heavy atom. The van der Waals surface area contributed by atoms with E-state index >= 15 is 0 Å². The first kappa shape index (κ1) is 23.1. The van der Waals surface area contributed by atoms with E-state index in [1.807, 2.05) is 12.1 Å². The lowest BCUT2D eigenvalue weighted by molar-refractivity contribution is 0.0341. The maximum Gasteiger partial charge on any atom is 0.191 e. The summed E-state index contributed by atoms with van der Waals surface area (Å²) in [6.07, 6.45) is 2.21. The van der Waals surface area contributed by atoms with Crippen LogP contribution in [-0.2, 0) is 24.4 Å². The van der Waals surface area contributed by atoms with Crippen LogP contribution < -0.4 is 15.4 Å². The van der Waals surface area contributed by atoms with Gasteiger partial charge >= 0.3 is 0 Å². The lowest BCUT2D eigenvalue weighted by Gasteiger charge is -2.27. The summed E-state index contributed by atoms with van der Waals surface area (Å²) in [7, 11) is 1.80. The van der Waals surface area contributed by atoms with Gasteiger partial charge in [-0.1, -0.05) is 49.7 Å².